The molecule has 1 aromatic heterocycles. The Morgan fingerprint density at radius 2 is 2.32 bits per heavy atom. The van der Waals surface area contributed by atoms with E-state index in [1.807, 2.05) is 13.1 Å². The number of benzene rings is 1. The van der Waals surface area contributed by atoms with E-state index in [0.717, 1.165) is 29.8 Å². The lowest BCUT2D eigenvalue weighted by atomic mass is 9.87. The fourth-order valence-electron chi connectivity index (χ4n) is 3.60. The Bertz CT molecular complexity index is 807. The quantitative estimate of drug-likeness (QED) is 0.798. The van der Waals surface area contributed by atoms with Gasteiger partial charge in [-0.1, -0.05) is 0 Å². The number of nitrogens with zero attached hydrogens (tertiary/aromatic N) is 2. The number of carbonyl (C=O) groups is 1. The van der Waals surface area contributed by atoms with Crippen LogP contribution in [0.4, 0.5) is 0 Å². The fourth-order valence-corrected chi connectivity index (χ4v) is 3.60. The number of fused-ring (bicyclic) bond motifs is 2. The highest BCUT2D eigenvalue weighted by atomic mass is 16.7. The molecule has 130 valence electrons. The molecule has 6 nitrogen and oxygen atoms in total. The van der Waals surface area contributed by atoms with Gasteiger partial charge in [-0.05, 0) is 37.2 Å². The second-order valence-electron chi connectivity index (χ2n) is 6.33. The normalized spacial score (nSPS) is 18.7. The van der Waals surface area contributed by atoms with Crippen LogP contribution in [-0.4, -0.2) is 43.2 Å². The Kier molecular flexibility index (Phi) is 4.05. The van der Waals surface area contributed by atoms with Crippen molar-refractivity contribution in [2.75, 3.05) is 27.5 Å². The second-order valence-corrected chi connectivity index (χ2v) is 6.33. The molecule has 0 aliphatic carbocycles. The number of aromatic nitrogens is 1. The molecule has 1 atom stereocenters. The third-order valence-electron chi connectivity index (χ3n) is 4.91. The van der Waals surface area contributed by atoms with Crippen molar-refractivity contribution in [2.45, 2.75) is 18.9 Å². The molecule has 0 N–H and O–H groups in total. The molecular formula is C19H20N2O4. The standard InChI is InChI=1S/C19H20N2O4/c1-21-7-5-12-8-16-18(25-11-24-16)19(23-2)17(12)14(21)9-15(22)13-4-3-6-20-10-13/h3-4,6,8,10,14H,5,7,9,11H2,1-2H3/t14-/m1/s1. The topological polar surface area (TPSA) is 60.9 Å². The maximum atomic E-state index is 12.7. The van der Waals surface area contributed by atoms with Crippen LogP contribution in [0, 0.1) is 0 Å². The zero-order valence-electron chi connectivity index (χ0n) is 14.3. The molecule has 0 saturated carbocycles. The Labute approximate surface area is 146 Å². The number of hydrogen-bond donors (Lipinski definition) is 0. The van der Waals surface area contributed by atoms with Crippen molar-refractivity contribution in [3.05, 3.63) is 47.3 Å². The molecule has 1 aromatic carbocycles. The molecule has 0 amide bonds. The first-order chi connectivity index (χ1) is 12.2. The number of Topliss-reactive ketones (excluding diaryl/α,β-unsaturated/α-hetero) is 1. The predicted molar refractivity (Wildman–Crippen MR) is 91.4 cm³/mol. The molecule has 6 heteroatoms. The first-order valence-electron chi connectivity index (χ1n) is 8.32. The lowest BCUT2D eigenvalue weighted by molar-refractivity contribution is 0.0925. The summed E-state index contributed by atoms with van der Waals surface area (Å²) in [6.07, 6.45) is 4.53. The highest BCUT2D eigenvalue weighted by Crippen LogP contribution is 2.50. The molecular weight excluding hydrogens is 320 g/mol. The first kappa shape index (κ1) is 15.9. The van der Waals surface area contributed by atoms with Crippen LogP contribution in [0.25, 0.3) is 0 Å². The van der Waals surface area contributed by atoms with Gasteiger partial charge < -0.3 is 14.2 Å². The van der Waals surface area contributed by atoms with Crippen molar-refractivity contribution in [1.29, 1.82) is 0 Å². The summed E-state index contributed by atoms with van der Waals surface area (Å²) in [5, 5.41) is 0. The highest BCUT2D eigenvalue weighted by molar-refractivity contribution is 5.96. The third kappa shape index (κ3) is 2.72. The summed E-state index contributed by atoms with van der Waals surface area (Å²) in [4.78, 5) is 19.0. The van der Waals surface area contributed by atoms with Gasteiger partial charge in [0.05, 0.1) is 7.11 Å². The zero-order chi connectivity index (χ0) is 17.4. The van der Waals surface area contributed by atoms with E-state index in [4.69, 9.17) is 14.2 Å². The van der Waals surface area contributed by atoms with E-state index < -0.39 is 0 Å². The molecule has 0 spiro atoms. The lowest BCUT2D eigenvalue weighted by Crippen LogP contribution is -2.34. The van der Waals surface area contributed by atoms with E-state index in [9.17, 15) is 4.79 Å². The summed E-state index contributed by atoms with van der Waals surface area (Å²) < 4.78 is 16.8. The summed E-state index contributed by atoms with van der Waals surface area (Å²) in [6, 6.07) is 5.54. The number of ketones is 1. The number of carbonyl (C=O) groups excluding carboxylic acids is 1. The Morgan fingerprint density at radius 1 is 1.44 bits per heavy atom. The van der Waals surface area contributed by atoms with Gasteiger partial charge in [-0.25, -0.2) is 0 Å². The molecule has 0 fully saturated rings. The fraction of sp³-hybridized carbons (Fsp3) is 0.368. The Hall–Kier alpha value is -2.60. The number of likely N-dealkylation sites (N-methyl/N-ethyl adjacent to an activating group) is 1. The zero-order valence-corrected chi connectivity index (χ0v) is 14.3. The van der Waals surface area contributed by atoms with Gasteiger partial charge in [0.2, 0.25) is 12.5 Å². The van der Waals surface area contributed by atoms with Crippen LogP contribution in [0.1, 0.15) is 33.9 Å². The maximum Gasteiger partial charge on any atom is 0.231 e. The highest BCUT2D eigenvalue weighted by Gasteiger charge is 2.35. The van der Waals surface area contributed by atoms with E-state index in [1.165, 1.54) is 0 Å². The van der Waals surface area contributed by atoms with Gasteiger partial charge in [-0.2, -0.15) is 0 Å². The van der Waals surface area contributed by atoms with Gasteiger partial charge in [0.15, 0.2) is 17.3 Å². The van der Waals surface area contributed by atoms with Crippen LogP contribution in [0.2, 0.25) is 0 Å². The van der Waals surface area contributed by atoms with E-state index >= 15 is 0 Å². The van der Waals surface area contributed by atoms with Crippen LogP contribution in [0.5, 0.6) is 17.2 Å². The summed E-state index contributed by atoms with van der Waals surface area (Å²) >= 11 is 0. The van der Waals surface area contributed by atoms with E-state index in [-0.39, 0.29) is 18.6 Å². The van der Waals surface area contributed by atoms with Crippen molar-refractivity contribution in [1.82, 2.24) is 9.88 Å². The number of ether oxygens (including phenoxy) is 3. The minimum atomic E-state index is -0.0686. The number of methoxy groups -OCH3 is 1. The van der Waals surface area contributed by atoms with Gasteiger partial charge in [0.25, 0.3) is 0 Å². The Balaban J connectivity index is 1.74. The molecule has 2 aliphatic rings. The van der Waals surface area contributed by atoms with Crippen molar-refractivity contribution in [3.63, 3.8) is 0 Å². The van der Waals surface area contributed by atoms with E-state index in [2.05, 4.69) is 9.88 Å². The Morgan fingerprint density at radius 3 is 3.08 bits per heavy atom. The number of rotatable bonds is 4. The average molecular weight is 340 g/mol. The lowest BCUT2D eigenvalue weighted by Gasteiger charge is -2.35. The molecule has 3 heterocycles. The molecule has 0 radical (unpaired) electrons. The SMILES string of the molecule is COc1c2c(cc3c1[C@@H](CC(=O)c1cccnc1)N(C)CC3)OCO2. The molecule has 4 rings (SSSR count). The van der Waals surface area contributed by atoms with Crippen molar-refractivity contribution in [2.24, 2.45) is 0 Å². The molecule has 0 saturated heterocycles. The molecule has 2 aromatic rings. The summed E-state index contributed by atoms with van der Waals surface area (Å²) in [5.74, 6) is 2.10. The largest absolute Gasteiger partial charge is 0.492 e. The molecule has 0 unspecified atom stereocenters. The van der Waals surface area contributed by atoms with Gasteiger partial charge in [-0.15, -0.1) is 0 Å². The van der Waals surface area contributed by atoms with Crippen LogP contribution < -0.4 is 14.2 Å². The summed E-state index contributed by atoms with van der Waals surface area (Å²) in [5.41, 5.74) is 2.81. The minimum Gasteiger partial charge on any atom is -0.492 e. The predicted octanol–water partition coefficient (Wildman–Crippen LogP) is 2.62. The van der Waals surface area contributed by atoms with Gasteiger partial charge >= 0.3 is 0 Å². The monoisotopic (exact) mass is 340 g/mol. The van der Waals surface area contributed by atoms with Crippen molar-refractivity contribution < 1.29 is 19.0 Å². The smallest absolute Gasteiger partial charge is 0.231 e. The average Bonchev–Trinajstić information content (AvgIpc) is 3.11. The van der Waals surface area contributed by atoms with Crippen LogP contribution >= 0.6 is 0 Å². The van der Waals surface area contributed by atoms with Gasteiger partial charge in [0, 0.05) is 42.5 Å². The minimum absolute atomic E-state index is 0.0671. The van der Waals surface area contributed by atoms with E-state index in [1.54, 1.807) is 31.6 Å². The van der Waals surface area contributed by atoms with Crippen LogP contribution in [0.3, 0.4) is 0 Å². The molecule has 0 bridgehead atoms. The molecule has 25 heavy (non-hydrogen) atoms. The summed E-state index contributed by atoms with van der Waals surface area (Å²) in [7, 11) is 3.67. The van der Waals surface area contributed by atoms with E-state index in [0.29, 0.717) is 23.5 Å². The number of pyridine rings is 1. The number of hydrogen-bond acceptors (Lipinski definition) is 6. The summed E-state index contributed by atoms with van der Waals surface area (Å²) in [6.45, 7) is 1.07. The van der Waals surface area contributed by atoms with Gasteiger partial charge in [-0.3, -0.25) is 14.7 Å². The third-order valence-corrected chi connectivity index (χ3v) is 4.91. The maximum absolute atomic E-state index is 12.7. The van der Waals surface area contributed by atoms with Gasteiger partial charge in [0.1, 0.15) is 0 Å². The van der Waals surface area contributed by atoms with Crippen LogP contribution in [0.15, 0.2) is 30.6 Å². The van der Waals surface area contributed by atoms with Crippen molar-refractivity contribution >= 4 is 5.78 Å². The molecule has 2 aliphatic heterocycles. The second kappa shape index (κ2) is 6.37. The van der Waals surface area contributed by atoms with Crippen molar-refractivity contribution in [3.8, 4) is 17.2 Å². The van der Waals surface area contributed by atoms with Crippen LogP contribution in [-0.2, 0) is 6.42 Å². The first-order valence-corrected chi connectivity index (χ1v) is 8.32.